The number of rotatable bonds is 12. The average molecular weight is 633 g/mol. The van der Waals surface area contributed by atoms with Crippen molar-refractivity contribution in [2.75, 3.05) is 13.2 Å². The van der Waals surface area contributed by atoms with Gasteiger partial charge in [0.05, 0.1) is 24.4 Å². The van der Waals surface area contributed by atoms with Crippen molar-refractivity contribution in [3.05, 3.63) is 92.8 Å². The van der Waals surface area contributed by atoms with Crippen molar-refractivity contribution >= 4 is 28.4 Å². The average Bonchev–Trinajstić information content (AvgIpc) is 3.67. The molecule has 0 fully saturated rings. The van der Waals surface area contributed by atoms with Gasteiger partial charge in [-0.1, -0.05) is 29.8 Å². The Balaban J connectivity index is 1.46. The number of ether oxygens (including phenoxy) is 2. The van der Waals surface area contributed by atoms with Crippen molar-refractivity contribution < 1.29 is 23.8 Å². The molecule has 3 aromatic heterocycles. The number of hydrogen-bond donors (Lipinski definition) is 2. The lowest BCUT2D eigenvalue weighted by Crippen LogP contribution is -2.26. The second-order valence-electron chi connectivity index (χ2n) is 11.4. The first-order valence-corrected chi connectivity index (χ1v) is 15.6. The highest BCUT2D eigenvalue weighted by molar-refractivity contribution is 6.32. The van der Waals surface area contributed by atoms with Gasteiger partial charge in [-0.3, -0.25) is 9.48 Å². The van der Waals surface area contributed by atoms with Crippen LogP contribution in [0.15, 0.2) is 46.9 Å². The highest BCUT2D eigenvalue weighted by atomic mass is 35.5. The molecule has 0 bridgehead atoms. The second-order valence-corrected chi connectivity index (χ2v) is 11.8. The number of carbonyl (C=O) groups excluding carboxylic acids is 1. The van der Waals surface area contributed by atoms with Crippen molar-refractivity contribution in [3.8, 4) is 16.9 Å². The number of aliphatic hydroxyl groups excluding tert-OH is 1. The molecule has 1 atom stereocenters. The summed E-state index contributed by atoms with van der Waals surface area (Å²) in [6.07, 6.45) is 0.183. The fourth-order valence-electron chi connectivity index (χ4n) is 6.04. The van der Waals surface area contributed by atoms with Gasteiger partial charge in [0.2, 0.25) is 6.29 Å². The molecule has 0 aliphatic carbocycles. The number of hydrogen-bond acceptors (Lipinski definition) is 6. The third-order valence-electron chi connectivity index (χ3n) is 8.23. The molecule has 238 valence electrons. The largest absolute Gasteiger partial charge is 0.494 e. The molecule has 0 aliphatic rings. The number of aryl methyl sites for hydroxylation is 6. The van der Waals surface area contributed by atoms with Crippen molar-refractivity contribution in [2.45, 2.75) is 60.3 Å². The molecule has 10 heteroatoms. The molecule has 45 heavy (non-hydrogen) atoms. The zero-order chi connectivity index (χ0) is 32.4. The highest BCUT2D eigenvalue weighted by Gasteiger charge is 2.25. The maximum absolute atomic E-state index is 13.9. The van der Waals surface area contributed by atoms with E-state index in [0.29, 0.717) is 43.3 Å². The fourth-order valence-corrected chi connectivity index (χ4v) is 6.15. The van der Waals surface area contributed by atoms with Crippen molar-refractivity contribution in [1.29, 1.82) is 0 Å². The van der Waals surface area contributed by atoms with Crippen LogP contribution in [-0.4, -0.2) is 38.6 Å². The Morgan fingerprint density at radius 2 is 1.84 bits per heavy atom. The Morgan fingerprint density at radius 3 is 2.51 bits per heavy atom. The Hall–Kier alpha value is -4.05. The van der Waals surface area contributed by atoms with Crippen molar-refractivity contribution in [3.63, 3.8) is 0 Å². The molecule has 0 saturated heterocycles. The molecule has 1 amide bonds. The van der Waals surface area contributed by atoms with Gasteiger partial charge in [-0.15, -0.1) is 0 Å². The third kappa shape index (κ3) is 6.52. The fraction of sp³-hybridized carbons (Fsp3) is 0.371. The lowest BCUT2D eigenvalue weighted by molar-refractivity contribution is -0.110. The van der Waals surface area contributed by atoms with E-state index in [2.05, 4.69) is 29.5 Å². The number of amides is 1. The van der Waals surface area contributed by atoms with E-state index in [4.69, 9.17) is 25.5 Å². The second kappa shape index (κ2) is 13.5. The summed E-state index contributed by atoms with van der Waals surface area (Å²) in [6, 6.07) is 13.5. The number of carbonyl (C=O) groups is 1. The number of aliphatic hydroxyl groups is 1. The molecule has 0 saturated carbocycles. The van der Waals surface area contributed by atoms with Crippen molar-refractivity contribution in [1.82, 2.24) is 19.7 Å². The van der Waals surface area contributed by atoms with Gasteiger partial charge < -0.3 is 28.9 Å². The van der Waals surface area contributed by atoms with Gasteiger partial charge in [-0.2, -0.15) is 5.10 Å². The summed E-state index contributed by atoms with van der Waals surface area (Å²) in [7, 11) is 3.88. The number of aromatic nitrogens is 3. The first-order valence-electron chi connectivity index (χ1n) is 15.2. The van der Waals surface area contributed by atoms with Gasteiger partial charge in [0, 0.05) is 47.9 Å². The van der Waals surface area contributed by atoms with Crippen LogP contribution < -0.4 is 10.1 Å². The molecule has 2 N–H and O–H groups in total. The third-order valence-corrected chi connectivity index (χ3v) is 8.83. The van der Waals surface area contributed by atoms with E-state index in [-0.39, 0.29) is 12.5 Å². The van der Waals surface area contributed by atoms with Crippen LogP contribution in [0.25, 0.3) is 22.0 Å². The van der Waals surface area contributed by atoms with E-state index < -0.39 is 6.29 Å². The van der Waals surface area contributed by atoms with Gasteiger partial charge in [0.25, 0.3) is 5.91 Å². The minimum Gasteiger partial charge on any atom is -0.494 e. The van der Waals surface area contributed by atoms with E-state index in [1.807, 2.05) is 62.3 Å². The van der Waals surface area contributed by atoms with Crippen LogP contribution in [0.1, 0.15) is 69.7 Å². The van der Waals surface area contributed by atoms with Crippen LogP contribution in [0.5, 0.6) is 5.75 Å². The Kier molecular flexibility index (Phi) is 9.72. The number of furan rings is 1. The predicted molar refractivity (Wildman–Crippen MR) is 176 cm³/mol. The zero-order valence-electron chi connectivity index (χ0n) is 27.0. The normalized spacial score (nSPS) is 12.2. The molecule has 5 rings (SSSR count). The molecule has 2 aromatic carbocycles. The molecule has 0 aliphatic heterocycles. The number of para-hydroxylation sites is 1. The topological polar surface area (TPSA) is 104 Å². The first kappa shape index (κ1) is 32.3. The number of nitrogens with zero attached hydrogens (tertiary/aromatic N) is 3. The number of nitrogens with one attached hydrogen (secondary N) is 1. The standard InChI is InChI=1S/C35H41ClN4O5/c1-8-43-35(42)29-15-14-24(45-29)19-37-34(41)33-27(13-10-16-44-25-17-20(2)31(36)21(3)18-25)26-11-9-12-28(32(26)39(33)6)30-22(4)38-40(7)23(30)5/h9,11-12,14-15,17-18,35,42H,8,10,13,16,19H2,1-7H3,(H,37,41). The van der Waals surface area contributed by atoms with E-state index in [1.165, 1.54) is 0 Å². The van der Waals surface area contributed by atoms with Crippen molar-refractivity contribution in [2.24, 2.45) is 14.1 Å². The number of fused-ring (bicyclic) bond motifs is 1. The molecule has 1 unspecified atom stereocenters. The van der Waals surface area contributed by atoms with Crippen LogP contribution in [0, 0.1) is 27.7 Å². The molecule has 0 spiro atoms. The summed E-state index contributed by atoms with van der Waals surface area (Å²) in [6.45, 7) is 10.8. The van der Waals surface area contributed by atoms with E-state index in [9.17, 15) is 9.90 Å². The molecule has 5 aromatic rings. The molecule has 9 nitrogen and oxygen atoms in total. The maximum Gasteiger partial charge on any atom is 0.268 e. The lowest BCUT2D eigenvalue weighted by Gasteiger charge is -2.11. The Bertz CT molecular complexity index is 1830. The summed E-state index contributed by atoms with van der Waals surface area (Å²) < 4.78 is 20.9. The first-order chi connectivity index (χ1) is 21.5. The van der Waals surface area contributed by atoms with E-state index in [1.54, 1.807) is 19.1 Å². The summed E-state index contributed by atoms with van der Waals surface area (Å²) in [5.41, 5.74) is 8.54. The maximum atomic E-state index is 13.9. The van der Waals surface area contributed by atoms with Gasteiger partial charge in [-0.05, 0) is 88.4 Å². The molecule has 3 heterocycles. The minimum atomic E-state index is -1.15. The molecular weight excluding hydrogens is 592 g/mol. The van der Waals surface area contributed by atoms with Crippen LogP contribution in [0.4, 0.5) is 0 Å². The van der Waals surface area contributed by atoms with Gasteiger partial charge in [0.15, 0.2) is 5.76 Å². The molecular formula is C35H41ClN4O5. The smallest absolute Gasteiger partial charge is 0.268 e. The number of benzene rings is 2. The van der Waals surface area contributed by atoms with Gasteiger partial charge >= 0.3 is 0 Å². The summed E-state index contributed by atoms with van der Waals surface area (Å²) in [4.78, 5) is 13.9. The monoisotopic (exact) mass is 632 g/mol. The Morgan fingerprint density at radius 1 is 1.11 bits per heavy atom. The SMILES string of the molecule is CCOC(O)c1ccc(CNC(=O)c2c(CCCOc3cc(C)c(Cl)c(C)c3)c3cccc(-c4c(C)nn(C)c4C)c3n2C)o1. The highest BCUT2D eigenvalue weighted by Crippen LogP contribution is 2.37. The van der Waals surface area contributed by atoms with E-state index in [0.717, 1.165) is 60.9 Å². The van der Waals surface area contributed by atoms with E-state index >= 15 is 0 Å². The predicted octanol–water partition coefficient (Wildman–Crippen LogP) is 7.03. The summed E-state index contributed by atoms with van der Waals surface area (Å²) in [5.74, 6) is 1.37. The zero-order valence-corrected chi connectivity index (χ0v) is 27.7. The van der Waals surface area contributed by atoms with Crippen LogP contribution >= 0.6 is 11.6 Å². The van der Waals surface area contributed by atoms with Crippen LogP contribution in [0.2, 0.25) is 5.02 Å². The Labute approximate surface area is 268 Å². The summed E-state index contributed by atoms with van der Waals surface area (Å²) >= 11 is 6.34. The lowest BCUT2D eigenvalue weighted by atomic mass is 9.98. The minimum absolute atomic E-state index is 0.157. The van der Waals surface area contributed by atoms with Gasteiger partial charge in [-0.25, -0.2) is 0 Å². The van der Waals surface area contributed by atoms with Gasteiger partial charge in [0.1, 0.15) is 17.2 Å². The quantitative estimate of drug-likeness (QED) is 0.113. The van der Waals surface area contributed by atoms with Crippen LogP contribution in [-0.2, 0) is 31.8 Å². The summed E-state index contributed by atoms with van der Waals surface area (Å²) in [5, 5.41) is 19.5. The van der Waals surface area contributed by atoms with Crippen LogP contribution in [0.3, 0.4) is 0 Å². The molecule has 0 radical (unpaired) electrons. The number of halogens is 1.